The Kier molecular flexibility index (Phi) is 7.82. The minimum Gasteiger partial charge on any atom is -0.385 e. The molecule has 0 aliphatic carbocycles. The fourth-order valence-electron chi connectivity index (χ4n) is 2.59. The number of carbonyl (C=O) groups is 1. The molecule has 2 rings (SSSR count). The molecule has 0 spiro atoms. The second kappa shape index (κ2) is 10.1. The van der Waals surface area contributed by atoms with Crippen LogP contribution < -0.4 is 9.50 Å². The molecule has 27 heavy (non-hydrogen) atoms. The molecule has 1 atom stereocenters. The van der Waals surface area contributed by atoms with E-state index in [-0.39, 0.29) is 0 Å². The number of nitrogens with one attached hydrogen (secondary N) is 1. The second-order valence-electron chi connectivity index (χ2n) is 6.14. The standard InChI is InChI=1S/C20H25NO5S/c1-3-25-20(15-22)14-17-4-8-18(9-5-17)21-13-12-16-6-10-19(11-7-16)26-27(2,23)24/h4-11,15,20-21H,3,12-14H2,1-2H3. The van der Waals surface area contributed by atoms with Gasteiger partial charge in [-0.25, -0.2) is 0 Å². The Labute approximate surface area is 160 Å². The van der Waals surface area contributed by atoms with Gasteiger partial charge in [0.15, 0.2) is 0 Å². The summed E-state index contributed by atoms with van der Waals surface area (Å²) in [5, 5.41) is 3.34. The van der Waals surface area contributed by atoms with Crippen LogP contribution in [0, 0.1) is 0 Å². The summed E-state index contributed by atoms with van der Waals surface area (Å²) in [4.78, 5) is 11.0. The summed E-state index contributed by atoms with van der Waals surface area (Å²) in [6.45, 7) is 3.13. The van der Waals surface area contributed by atoms with E-state index in [1.54, 1.807) is 12.1 Å². The zero-order chi connectivity index (χ0) is 19.7. The van der Waals surface area contributed by atoms with Crippen molar-refractivity contribution in [1.29, 1.82) is 0 Å². The summed E-state index contributed by atoms with van der Waals surface area (Å²) in [7, 11) is -3.50. The number of benzene rings is 2. The molecule has 0 radical (unpaired) electrons. The molecular formula is C20H25NO5S. The van der Waals surface area contributed by atoms with Crippen molar-refractivity contribution in [3.05, 3.63) is 59.7 Å². The summed E-state index contributed by atoms with van der Waals surface area (Å²) >= 11 is 0. The van der Waals surface area contributed by atoms with Gasteiger partial charge in [-0.05, 0) is 48.7 Å². The second-order valence-corrected chi connectivity index (χ2v) is 7.71. The minimum absolute atomic E-state index is 0.311. The number of aldehydes is 1. The highest BCUT2D eigenvalue weighted by Crippen LogP contribution is 2.15. The number of hydrogen-bond acceptors (Lipinski definition) is 6. The summed E-state index contributed by atoms with van der Waals surface area (Å²) in [5.41, 5.74) is 3.12. The monoisotopic (exact) mass is 391 g/mol. The van der Waals surface area contributed by atoms with Crippen LogP contribution in [0.3, 0.4) is 0 Å². The van der Waals surface area contributed by atoms with Gasteiger partial charge in [-0.15, -0.1) is 0 Å². The molecule has 0 aliphatic heterocycles. The number of anilines is 1. The van der Waals surface area contributed by atoms with Gasteiger partial charge in [-0.3, -0.25) is 0 Å². The fourth-order valence-corrected chi connectivity index (χ4v) is 3.05. The molecule has 0 bridgehead atoms. The van der Waals surface area contributed by atoms with Crippen LogP contribution in [0.2, 0.25) is 0 Å². The highest BCUT2D eigenvalue weighted by Gasteiger charge is 2.08. The average molecular weight is 391 g/mol. The predicted octanol–water partition coefficient (Wildman–Crippen LogP) is 2.83. The SMILES string of the molecule is CCOC(C=O)Cc1ccc(NCCc2ccc(OS(C)(=O)=O)cc2)cc1. The zero-order valence-corrected chi connectivity index (χ0v) is 16.4. The molecule has 1 N–H and O–H groups in total. The molecule has 2 aromatic carbocycles. The molecule has 1 unspecified atom stereocenters. The smallest absolute Gasteiger partial charge is 0.306 e. The van der Waals surface area contributed by atoms with Gasteiger partial charge in [0.25, 0.3) is 0 Å². The van der Waals surface area contributed by atoms with Gasteiger partial charge < -0.3 is 19.0 Å². The van der Waals surface area contributed by atoms with Crippen LogP contribution >= 0.6 is 0 Å². The number of hydrogen-bond donors (Lipinski definition) is 1. The van der Waals surface area contributed by atoms with E-state index in [9.17, 15) is 13.2 Å². The number of carbonyl (C=O) groups excluding carboxylic acids is 1. The Morgan fingerprint density at radius 1 is 1.04 bits per heavy atom. The summed E-state index contributed by atoms with van der Waals surface area (Å²) in [5.74, 6) is 0.311. The molecule has 2 aromatic rings. The van der Waals surface area contributed by atoms with Crippen molar-refractivity contribution in [2.24, 2.45) is 0 Å². The Hall–Kier alpha value is -2.38. The van der Waals surface area contributed by atoms with Crippen LogP contribution in [0.1, 0.15) is 18.1 Å². The topological polar surface area (TPSA) is 81.7 Å². The normalized spacial score (nSPS) is 12.4. The molecule has 0 amide bonds. The first-order valence-corrected chi connectivity index (χ1v) is 10.6. The molecule has 7 heteroatoms. The average Bonchev–Trinajstić information content (AvgIpc) is 2.63. The van der Waals surface area contributed by atoms with Crippen molar-refractivity contribution in [3.63, 3.8) is 0 Å². The van der Waals surface area contributed by atoms with Gasteiger partial charge >= 0.3 is 10.1 Å². The largest absolute Gasteiger partial charge is 0.385 e. The lowest BCUT2D eigenvalue weighted by Crippen LogP contribution is -2.17. The highest BCUT2D eigenvalue weighted by molar-refractivity contribution is 7.86. The maximum Gasteiger partial charge on any atom is 0.306 e. The summed E-state index contributed by atoms with van der Waals surface area (Å²) in [6.07, 6.45) is 2.81. The highest BCUT2D eigenvalue weighted by atomic mass is 32.2. The van der Waals surface area contributed by atoms with Gasteiger partial charge in [0, 0.05) is 25.3 Å². The van der Waals surface area contributed by atoms with E-state index in [0.29, 0.717) is 18.8 Å². The van der Waals surface area contributed by atoms with Gasteiger partial charge in [0.1, 0.15) is 18.1 Å². The molecule has 0 aliphatic rings. The fraction of sp³-hybridized carbons (Fsp3) is 0.350. The van der Waals surface area contributed by atoms with Crippen molar-refractivity contribution < 1.29 is 22.1 Å². The Morgan fingerprint density at radius 2 is 1.67 bits per heavy atom. The number of rotatable bonds is 11. The van der Waals surface area contributed by atoms with Gasteiger partial charge in [-0.1, -0.05) is 24.3 Å². The molecule has 0 fully saturated rings. The van der Waals surface area contributed by atoms with Crippen LogP contribution in [0.15, 0.2) is 48.5 Å². The maximum absolute atomic E-state index is 11.1. The lowest BCUT2D eigenvalue weighted by molar-refractivity contribution is -0.117. The van der Waals surface area contributed by atoms with Gasteiger partial charge in [0.2, 0.25) is 0 Å². The van der Waals surface area contributed by atoms with E-state index < -0.39 is 16.2 Å². The van der Waals surface area contributed by atoms with Crippen LogP contribution in [-0.4, -0.2) is 40.2 Å². The first kappa shape index (κ1) is 20.9. The van der Waals surface area contributed by atoms with Crippen LogP contribution in [0.25, 0.3) is 0 Å². The van der Waals surface area contributed by atoms with Crippen molar-refractivity contribution in [3.8, 4) is 5.75 Å². The Morgan fingerprint density at radius 3 is 2.22 bits per heavy atom. The molecule has 146 valence electrons. The van der Waals surface area contributed by atoms with Crippen LogP contribution in [0.5, 0.6) is 5.75 Å². The van der Waals surface area contributed by atoms with E-state index >= 15 is 0 Å². The quantitative estimate of drug-likeness (QED) is 0.469. The van der Waals surface area contributed by atoms with Gasteiger partial charge in [-0.2, -0.15) is 8.42 Å². The Balaban J connectivity index is 1.80. The molecule has 0 saturated carbocycles. The first-order valence-electron chi connectivity index (χ1n) is 8.77. The zero-order valence-electron chi connectivity index (χ0n) is 15.6. The van der Waals surface area contributed by atoms with E-state index in [1.165, 1.54) is 0 Å². The van der Waals surface area contributed by atoms with Crippen molar-refractivity contribution in [1.82, 2.24) is 0 Å². The molecular weight excluding hydrogens is 366 g/mol. The minimum atomic E-state index is -3.50. The van der Waals surface area contributed by atoms with E-state index in [0.717, 1.165) is 42.3 Å². The third-order valence-corrected chi connectivity index (χ3v) is 4.33. The molecule has 6 nitrogen and oxygen atoms in total. The van der Waals surface area contributed by atoms with Crippen LogP contribution in [-0.2, 0) is 32.5 Å². The van der Waals surface area contributed by atoms with Crippen molar-refractivity contribution >= 4 is 22.1 Å². The van der Waals surface area contributed by atoms with Crippen molar-refractivity contribution in [2.45, 2.75) is 25.9 Å². The third kappa shape index (κ3) is 7.80. The lowest BCUT2D eigenvalue weighted by Gasteiger charge is -2.11. The summed E-state index contributed by atoms with van der Waals surface area (Å²) in [6, 6.07) is 14.9. The Bertz CT molecular complexity index is 816. The first-order chi connectivity index (χ1) is 12.9. The maximum atomic E-state index is 11.1. The van der Waals surface area contributed by atoms with E-state index in [2.05, 4.69) is 5.32 Å². The molecule has 0 heterocycles. The molecule has 0 aromatic heterocycles. The predicted molar refractivity (Wildman–Crippen MR) is 106 cm³/mol. The number of ether oxygens (including phenoxy) is 1. The summed E-state index contributed by atoms with van der Waals surface area (Å²) < 4.78 is 32.3. The molecule has 0 saturated heterocycles. The van der Waals surface area contributed by atoms with Crippen molar-refractivity contribution in [2.75, 3.05) is 24.7 Å². The van der Waals surface area contributed by atoms with E-state index in [4.69, 9.17) is 8.92 Å². The van der Waals surface area contributed by atoms with Gasteiger partial charge in [0.05, 0.1) is 6.26 Å². The lowest BCUT2D eigenvalue weighted by atomic mass is 10.1. The van der Waals surface area contributed by atoms with E-state index in [1.807, 2.05) is 43.3 Å². The third-order valence-electron chi connectivity index (χ3n) is 3.84. The van der Waals surface area contributed by atoms with Crippen LogP contribution in [0.4, 0.5) is 5.69 Å².